The van der Waals surface area contributed by atoms with Gasteiger partial charge in [0.15, 0.2) is 0 Å². The summed E-state index contributed by atoms with van der Waals surface area (Å²) in [6.45, 7) is 0. The number of anilines is 1. The topological polar surface area (TPSA) is 102 Å². The quantitative estimate of drug-likeness (QED) is 0.789. The number of carbonyl (C=O) groups is 1. The van der Waals surface area contributed by atoms with Crippen LogP contribution in [0, 0.1) is 0 Å². The number of nitrogens with two attached hydrogens (primary N) is 1. The molecular formula is C10H8N4O2S. The van der Waals surface area contributed by atoms with Gasteiger partial charge >= 0.3 is 5.97 Å². The van der Waals surface area contributed by atoms with Gasteiger partial charge in [0, 0.05) is 6.20 Å². The maximum Gasteiger partial charge on any atom is 0.337 e. The zero-order valence-electron chi connectivity index (χ0n) is 8.57. The number of pyridine rings is 1. The largest absolute Gasteiger partial charge is 0.478 e. The number of carboxylic acids is 1. The summed E-state index contributed by atoms with van der Waals surface area (Å²) >= 11 is 1.25. The predicted molar refractivity (Wildman–Crippen MR) is 61.8 cm³/mol. The lowest BCUT2D eigenvalue weighted by atomic mass is 10.2. The normalized spacial score (nSPS) is 10.1. The van der Waals surface area contributed by atoms with E-state index in [4.69, 9.17) is 10.8 Å². The number of rotatable bonds is 3. The van der Waals surface area contributed by atoms with Crippen LogP contribution in [0.15, 0.2) is 40.9 Å². The predicted octanol–water partition coefficient (Wildman–Crippen LogP) is 1.30. The smallest absolute Gasteiger partial charge is 0.337 e. The highest BCUT2D eigenvalue weighted by Crippen LogP contribution is 2.25. The minimum Gasteiger partial charge on any atom is -0.478 e. The molecule has 7 heteroatoms. The summed E-state index contributed by atoms with van der Waals surface area (Å²) in [7, 11) is 0. The second kappa shape index (κ2) is 4.79. The van der Waals surface area contributed by atoms with Gasteiger partial charge in [-0.15, -0.1) is 0 Å². The lowest BCUT2D eigenvalue weighted by Gasteiger charge is -2.03. The number of aromatic carboxylic acids is 1. The first-order valence-corrected chi connectivity index (χ1v) is 5.41. The van der Waals surface area contributed by atoms with Crippen LogP contribution in [-0.4, -0.2) is 26.0 Å². The Morgan fingerprint density at radius 3 is 2.82 bits per heavy atom. The maximum absolute atomic E-state index is 10.9. The van der Waals surface area contributed by atoms with Gasteiger partial charge in [-0.25, -0.2) is 19.7 Å². The summed E-state index contributed by atoms with van der Waals surface area (Å²) < 4.78 is 0. The second-order valence-corrected chi connectivity index (χ2v) is 4.11. The fourth-order valence-corrected chi connectivity index (χ4v) is 1.86. The summed E-state index contributed by atoms with van der Waals surface area (Å²) in [5, 5.41) is 10.1. The third kappa shape index (κ3) is 2.70. The van der Waals surface area contributed by atoms with Crippen molar-refractivity contribution in [1.82, 2.24) is 15.0 Å². The molecule has 0 aliphatic rings. The Labute approximate surface area is 101 Å². The molecule has 0 atom stereocenters. The van der Waals surface area contributed by atoms with Crippen LogP contribution < -0.4 is 5.73 Å². The van der Waals surface area contributed by atoms with Crippen molar-refractivity contribution in [3.8, 4) is 0 Å². The van der Waals surface area contributed by atoms with Crippen molar-refractivity contribution < 1.29 is 9.90 Å². The Kier molecular flexibility index (Phi) is 3.20. The Balaban J connectivity index is 2.29. The van der Waals surface area contributed by atoms with Gasteiger partial charge in [-0.3, -0.25) is 0 Å². The summed E-state index contributed by atoms with van der Waals surface area (Å²) in [4.78, 5) is 22.7. The molecular weight excluding hydrogens is 240 g/mol. The third-order valence-corrected chi connectivity index (χ3v) is 2.79. The van der Waals surface area contributed by atoms with Crippen molar-refractivity contribution in [3.05, 3.63) is 36.4 Å². The van der Waals surface area contributed by atoms with E-state index in [1.807, 2.05) is 0 Å². The molecule has 3 N–H and O–H groups in total. The van der Waals surface area contributed by atoms with Crippen LogP contribution in [0.1, 0.15) is 10.4 Å². The molecule has 0 unspecified atom stereocenters. The Bertz CT molecular complexity index is 547. The van der Waals surface area contributed by atoms with Crippen LogP contribution in [0.2, 0.25) is 0 Å². The standard InChI is InChI=1S/C10H8N4O2S/c11-7-4-13-9(3-6(7)10(15)16)17-8-1-2-12-5-14-8/h1-5H,11H2,(H,15,16). The zero-order chi connectivity index (χ0) is 12.3. The van der Waals surface area contributed by atoms with Crippen molar-refractivity contribution >= 4 is 23.4 Å². The molecule has 6 nitrogen and oxygen atoms in total. The van der Waals surface area contributed by atoms with E-state index in [-0.39, 0.29) is 11.3 Å². The molecule has 2 aromatic rings. The molecule has 2 heterocycles. The van der Waals surface area contributed by atoms with Crippen molar-refractivity contribution in [2.45, 2.75) is 10.1 Å². The van der Waals surface area contributed by atoms with Gasteiger partial charge in [0.2, 0.25) is 0 Å². The molecule has 0 amide bonds. The van der Waals surface area contributed by atoms with Crippen molar-refractivity contribution in [1.29, 1.82) is 0 Å². The van der Waals surface area contributed by atoms with Crippen LogP contribution in [0.4, 0.5) is 5.69 Å². The van der Waals surface area contributed by atoms with E-state index >= 15 is 0 Å². The summed E-state index contributed by atoms with van der Waals surface area (Å²) in [5.41, 5.74) is 5.69. The minimum absolute atomic E-state index is 0.0385. The fourth-order valence-electron chi connectivity index (χ4n) is 1.13. The van der Waals surface area contributed by atoms with Gasteiger partial charge in [0.25, 0.3) is 0 Å². The summed E-state index contributed by atoms with van der Waals surface area (Å²) in [6, 6.07) is 3.13. The molecule has 17 heavy (non-hydrogen) atoms. The SMILES string of the molecule is Nc1cnc(Sc2ccncn2)cc1C(=O)O. The number of hydrogen-bond donors (Lipinski definition) is 2. The molecule has 0 aromatic carbocycles. The molecule has 0 spiro atoms. The van der Waals surface area contributed by atoms with Crippen molar-refractivity contribution in [2.24, 2.45) is 0 Å². The first-order chi connectivity index (χ1) is 8.16. The number of carboxylic acid groups (broad SMARTS) is 1. The lowest BCUT2D eigenvalue weighted by molar-refractivity contribution is 0.0697. The van der Waals surface area contributed by atoms with Crippen LogP contribution in [0.5, 0.6) is 0 Å². The van der Waals surface area contributed by atoms with E-state index in [2.05, 4.69) is 15.0 Å². The third-order valence-electron chi connectivity index (χ3n) is 1.90. The highest BCUT2D eigenvalue weighted by molar-refractivity contribution is 7.99. The van der Waals surface area contributed by atoms with E-state index in [0.29, 0.717) is 10.1 Å². The van der Waals surface area contributed by atoms with E-state index < -0.39 is 5.97 Å². The molecule has 0 fully saturated rings. The lowest BCUT2D eigenvalue weighted by Crippen LogP contribution is -2.03. The van der Waals surface area contributed by atoms with Gasteiger partial charge in [-0.2, -0.15) is 0 Å². The van der Waals surface area contributed by atoms with Crippen LogP contribution >= 0.6 is 11.8 Å². The molecule has 0 bridgehead atoms. The molecule has 0 aliphatic heterocycles. The van der Waals surface area contributed by atoms with E-state index in [1.165, 1.54) is 30.4 Å². The van der Waals surface area contributed by atoms with Crippen molar-refractivity contribution in [2.75, 3.05) is 5.73 Å². The Morgan fingerprint density at radius 1 is 1.35 bits per heavy atom. The van der Waals surface area contributed by atoms with Gasteiger partial charge in [0.1, 0.15) is 16.4 Å². The van der Waals surface area contributed by atoms with E-state index in [1.54, 1.807) is 12.3 Å². The molecule has 86 valence electrons. The monoisotopic (exact) mass is 248 g/mol. The molecule has 0 saturated carbocycles. The second-order valence-electron chi connectivity index (χ2n) is 3.06. The average Bonchev–Trinajstić information content (AvgIpc) is 2.32. The average molecular weight is 248 g/mol. The number of aromatic nitrogens is 3. The number of nitrogens with zero attached hydrogens (tertiary/aromatic N) is 3. The van der Waals surface area contributed by atoms with Crippen LogP contribution in [0.3, 0.4) is 0 Å². The zero-order valence-corrected chi connectivity index (χ0v) is 9.39. The molecule has 0 saturated heterocycles. The maximum atomic E-state index is 10.9. The first-order valence-electron chi connectivity index (χ1n) is 4.59. The number of nitrogen functional groups attached to an aromatic ring is 1. The van der Waals surface area contributed by atoms with Gasteiger partial charge in [-0.1, -0.05) is 0 Å². The van der Waals surface area contributed by atoms with Gasteiger partial charge < -0.3 is 10.8 Å². The fraction of sp³-hybridized carbons (Fsp3) is 0. The molecule has 2 rings (SSSR count). The Morgan fingerprint density at radius 2 is 2.18 bits per heavy atom. The van der Waals surface area contributed by atoms with Crippen LogP contribution in [0.25, 0.3) is 0 Å². The molecule has 0 radical (unpaired) electrons. The summed E-state index contributed by atoms with van der Waals surface area (Å²) in [5.74, 6) is -1.07. The van der Waals surface area contributed by atoms with E-state index in [0.717, 1.165) is 0 Å². The molecule has 0 aliphatic carbocycles. The minimum atomic E-state index is -1.07. The van der Waals surface area contributed by atoms with Crippen molar-refractivity contribution in [3.63, 3.8) is 0 Å². The molecule has 2 aromatic heterocycles. The first kappa shape index (κ1) is 11.3. The highest BCUT2D eigenvalue weighted by Gasteiger charge is 2.10. The highest BCUT2D eigenvalue weighted by atomic mass is 32.2. The van der Waals surface area contributed by atoms with Gasteiger partial charge in [0.05, 0.1) is 17.4 Å². The Hall–Kier alpha value is -2.15. The van der Waals surface area contributed by atoms with E-state index in [9.17, 15) is 4.79 Å². The van der Waals surface area contributed by atoms with Gasteiger partial charge in [-0.05, 0) is 23.9 Å². The summed E-state index contributed by atoms with van der Waals surface area (Å²) in [6.07, 6.45) is 4.34. The number of hydrogen-bond acceptors (Lipinski definition) is 6. The van der Waals surface area contributed by atoms with Crippen LogP contribution in [-0.2, 0) is 0 Å².